The van der Waals surface area contributed by atoms with Crippen molar-refractivity contribution in [2.75, 3.05) is 6.54 Å². The van der Waals surface area contributed by atoms with Crippen molar-refractivity contribution in [2.45, 2.75) is 33.2 Å². The summed E-state index contributed by atoms with van der Waals surface area (Å²) in [5.74, 6) is -0.732. The SMILES string of the molecule is CCC(CC)(CNCc1c(Br)cnn1C)C(=O)O. The molecule has 1 heterocycles. The summed E-state index contributed by atoms with van der Waals surface area (Å²) in [6.07, 6.45) is 2.98. The van der Waals surface area contributed by atoms with Crippen LogP contribution in [0.1, 0.15) is 32.4 Å². The summed E-state index contributed by atoms with van der Waals surface area (Å²) in [6, 6.07) is 0. The predicted octanol–water partition coefficient (Wildman–Crippen LogP) is 2.16. The number of carboxylic acids is 1. The lowest BCUT2D eigenvalue weighted by Gasteiger charge is -2.27. The molecule has 0 radical (unpaired) electrons. The monoisotopic (exact) mass is 317 g/mol. The van der Waals surface area contributed by atoms with E-state index in [0.717, 1.165) is 10.2 Å². The highest BCUT2D eigenvalue weighted by Gasteiger charge is 2.34. The molecule has 0 atom stereocenters. The minimum absolute atomic E-state index is 0.465. The molecule has 1 rings (SSSR count). The lowest BCUT2D eigenvalue weighted by atomic mass is 9.82. The Morgan fingerprint density at radius 3 is 2.56 bits per heavy atom. The standard InChI is InChI=1S/C12H20BrN3O2/c1-4-12(5-2,11(17)18)8-14-7-10-9(13)6-15-16(10)3/h6,14H,4-5,7-8H2,1-3H3,(H,17,18). The van der Waals surface area contributed by atoms with Gasteiger partial charge >= 0.3 is 5.97 Å². The first-order chi connectivity index (χ1) is 8.46. The van der Waals surface area contributed by atoms with Crippen LogP contribution in [-0.2, 0) is 18.4 Å². The maximum atomic E-state index is 11.3. The van der Waals surface area contributed by atoms with Gasteiger partial charge in [-0.3, -0.25) is 9.48 Å². The highest BCUT2D eigenvalue weighted by Crippen LogP contribution is 2.26. The summed E-state index contributed by atoms with van der Waals surface area (Å²) >= 11 is 3.42. The number of aromatic nitrogens is 2. The molecule has 18 heavy (non-hydrogen) atoms. The van der Waals surface area contributed by atoms with E-state index in [4.69, 9.17) is 0 Å². The highest BCUT2D eigenvalue weighted by molar-refractivity contribution is 9.10. The number of nitrogens with zero attached hydrogens (tertiary/aromatic N) is 2. The minimum Gasteiger partial charge on any atom is -0.481 e. The molecular formula is C12H20BrN3O2. The lowest BCUT2D eigenvalue weighted by Crippen LogP contribution is -2.40. The Hall–Kier alpha value is -0.880. The molecular weight excluding hydrogens is 298 g/mol. The predicted molar refractivity (Wildman–Crippen MR) is 73.3 cm³/mol. The molecule has 0 saturated heterocycles. The van der Waals surface area contributed by atoms with Crippen molar-refractivity contribution in [3.05, 3.63) is 16.4 Å². The van der Waals surface area contributed by atoms with E-state index in [1.165, 1.54) is 0 Å². The molecule has 1 aromatic rings. The largest absolute Gasteiger partial charge is 0.481 e. The average molecular weight is 318 g/mol. The van der Waals surface area contributed by atoms with Gasteiger partial charge in [0.05, 0.1) is 21.8 Å². The quantitative estimate of drug-likeness (QED) is 0.808. The van der Waals surface area contributed by atoms with E-state index >= 15 is 0 Å². The number of hydrogen-bond donors (Lipinski definition) is 2. The normalized spacial score (nSPS) is 11.8. The zero-order valence-electron chi connectivity index (χ0n) is 11.0. The van der Waals surface area contributed by atoms with Crippen molar-refractivity contribution >= 4 is 21.9 Å². The Morgan fingerprint density at radius 2 is 2.17 bits per heavy atom. The van der Waals surface area contributed by atoms with Crippen LogP contribution in [0.3, 0.4) is 0 Å². The van der Waals surface area contributed by atoms with Gasteiger partial charge in [-0.15, -0.1) is 0 Å². The van der Waals surface area contributed by atoms with Crippen molar-refractivity contribution in [1.82, 2.24) is 15.1 Å². The number of aryl methyl sites for hydroxylation is 1. The number of nitrogens with one attached hydrogen (secondary N) is 1. The van der Waals surface area contributed by atoms with Crippen molar-refractivity contribution < 1.29 is 9.90 Å². The summed E-state index contributed by atoms with van der Waals surface area (Å²) in [4.78, 5) is 11.3. The van der Waals surface area contributed by atoms with Crippen LogP contribution in [0.25, 0.3) is 0 Å². The van der Waals surface area contributed by atoms with Gasteiger partial charge in [0.25, 0.3) is 0 Å². The third kappa shape index (κ3) is 3.11. The number of aliphatic carboxylic acids is 1. The number of carboxylic acid groups (broad SMARTS) is 1. The molecule has 0 saturated carbocycles. The molecule has 0 amide bonds. The maximum Gasteiger partial charge on any atom is 0.310 e. The maximum absolute atomic E-state index is 11.3. The van der Waals surface area contributed by atoms with E-state index < -0.39 is 11.4 Å². The summed E-state index contributed by atoms with van der Waals surface area (Å²) in [5, 5.41) is 16.7. The van der Waals surface area contributed by atoms with Crippen molar-refractivity contribution in [2.24, 2.45) is 12.5 Å². The van der Waals surface area contributed by atoms with Gasteiger partial charge in [0.2, 0.25) is 0 Å². The summed E-state index contributed by atoms with van der Waals surface area (Å²) in [6.45, 7) is 4.90. The molecule has 0 unspecified atom stereocenters. The minimum atomic E-state index is -0.732. The van der Waals surface area contributed by atoms with Crippen LogP contribution in [0.2, 0.25) is 0 Å². The third-order valence-electron chi connectivity index (χ3n) is 3.57. The molecule has 5 nitrogen and oxygen atoms in total. The molecule has 0 aliphatic rings. The van der Waals surface area contributed by atoms with E-state index in [1.807, 2.05) is 20.9 Å². The van der Waals surface area contributed by atoms with Crippen LogP contribution < -0.4 is 5.32 Å². The van der Waals surface area contributed by atoms with Gasteiger partial charge in [-0.05, 0) is 28.8 Å². The summed E-state index contributed by atoms with van der Waals surface area (Å²) in [7, 11) is 1.87. The number of carbonyl (C=O) groups is 1. The fourth-order valence-corrected chi connectivity index (χ4v) is 2.42. The molecule has 6 heteroatoms. The van der Waals surface area contributed by atoms with Crippen LogP contribution in [0, 0.1) is 5.41 Å². The van der Waals surface area contributed by atoms with Crippen LogP contribution >= 0.6 is 15.9 Å². The van der Waals surface area contributed by atoms with E-state index in [9.17, 15) is 9.90 Å². The van der Waals surface area contributed by atoms with Crippen molar-refractivity contribution in [3.8, 4) is 0 Å². The first-order valence-corrected chi connectivity index (χ1v) is 6.86. The van der Waals surface area contributed by atoms with Gasteiger partial charge < -0.3 is 10.4 Å². The zero-order valence-corrected chi connectivity index (χ0v) is 12.6. The third-order valence-corrected chi connectivity index (χ3v) is 4.24. The lowest BCUT2D eigenvalue weighted by molar-refractivity contribution is -0.149. The molecule has 1 aromatic heterocycles. The Kier molecular flexibility index (Phi) is 5.34. The van der Waals surface area contributed by atoms with E-state index in [1.54, 1.807) is 10.9 Å². The van der Waals surface area contributed by atoms with E-state index in [-0.39, 0.29) is 0 Å². The fourth-order valence-electron chi connectivity index (χ4n) is 1.93. The fraction of sp³-hybridized carbons (Fsp3) is 0.667. The van der Waals surface area contributed by atoms with E-state index in [2.05, 4.69) is 26.3 Å². The number of halogens is 1. The van der Waals surface area contributed by atoms with Crippen LogP contribution in [0.4, 0.5) is 0 Å². The zero-order chi connectivity index (χ0) is 13.8. The van der Waals surface area contributed by atoms with Gasteiger partial charge in [0.15, 0.2) is 0 Å². The van der Waals surface area contributed by atoms with Gasteiger partial charge in [-0.25, -0.2) is 0 Å². The molecule has 0 aliphatic carbocycles. The van der Waals surface area contributed by atoms with Crippen molar-refractivity contribution in [1.29, 1.82) is 0 Å². The molecule has 102 valence electrons. The van der Waals surface area contributed by atoms with Crippen LogP contribution in [0.15, 0.2) is 10.7 Å². The molecule has 0 bridgehead atoms. The molecule has 0 spiro atoms. The first kappa shape index (κ1) is 15.2. The smallest absolute Gasteiger partial charge is 0.310 e. The Labute approximate surface area is 116 Å². The Bertz CT molecular complexity index is 394. The Morgan fingerprint density at radius 1 is 1.56 bits per heavy atom. The number of hydrogen-bond acceptors (Lipinski definition) is 3. The molecule has 0 aliphatic heterocycles. The Balaban J connectivity index is 2.62. The van der Waals surface area contributed by atoms with Crippen molar-refractivity contribution in [3.63, 3.8) is 0 Å². The van der Waals surface area contributed by atoms with Gasteiger partial charge in [-0.2, -0.15) is 5.10 Å². The highest BCUT2D eigenvalue weighted by atomic mass is 79.9. The van der Waals surface area contributed by atoms with E-state index in [0.29, 0.717) is 25.9 Å². The summed E-state index contributed by atoms with van der Waals surface area (Å²) < 4.78 is 2.71. The van der Waals surface area contributed by atoms with Crippen LogP contribution in [-0.4, -0.2) is 27.4 Å². The second-order valence-corrected chi connectivity index (χ2v) is 5.31. The van der Waals surface area contributed by atoms with Crippen LogP contribution in [0.5, 0.6) is 0 Å². The van der Waals surface area contributed by atoms with Gasteiger partial charge in [-0.1, -0.05) is 13.8 Å². The molecule has 2 N–H and O–H groups in total. The molecule has 0 aromatic carbocycles. The average Bonchev–Trinajstić information content (AvgIpc) is 2.66. The second kappa shape index (κ2) is 6.33. The summed E-state index contributed by atoms with van der Waals surface area (Å²) in [5.41, 5.74) is 0.340. The first-order valence-electron chi connectivity index (χ1n) is 6.07. The van der Waals surface area contributed by atoms with Gasteiger partial charge in [0, 0.05) is 20.1 Å². The number of rotatable bonds is 7. The topological polar surface area (TPSA) is 67.2 Å². The second-order valence-electron chi connectivity index (χ2n) is 4.46. The van der Waals surface area contributed by atoms with Gasteiger partial charge in [0.1, 0.15) is 0 Å². The molecule has 0 fully saturated rings.